The summed E-state index contributed by atoms with van der Waals surface area (Å²) in [5.74, 6) is 0.0965. The number of halogens is 1. The minimum atomic E-state index is -0.584. The second kappa shape index (κ2) is 12.2. The van der Waals surface area contributed by atoms with Crippen LogP contribution in [0.3, 0.4) is 0 Å². The molecule has 12 heteroatoms. The van der Waals surface area contributed by atoms with Gasteiger partial charge in [0.2, 0.25) is 5.95 Å². The van der Waals surface area contributed by atoms with Crippen molar-refractivity contribution in [1.82, 2.24) is 39.8 Å². The molecule has 1 unspecified atom stereocenters. The maximum absolute atomic E-state index is 14.5. The van der Waals surface area contributed by atoms with Gasteiger partial charge in [-0.05, 0) is 73.3 Å². The molecular formula is C33H30FN9O2. The number of aromatic nitrogens is 7. The van der Waals surface area contributed by atoms with E-state index in [0.717, 1.165) is 30.0 Å². The average molecular weight is 604 g/mol. The minimum absolute atomic E-state index is 0.0237. The standard InChI is InChI=1S/C33H30FN9O2/c1-42-30(22-12-15-35-16-13-22)27(40-41-42)20-43-31-24(17-29(32(43)44)45-28-7-3-2-6-26(28)34)19-37-33(39-31)38-25-10-8-21(9-11-25)23-5-4-14-36-18-23/h2-3,6-13,15-17,19,23,36H,4-5,14,18,20H2,1H3,(H,37,38,39). The van der Waals surface area contributed by atoms with Crippen LogP contribution in [0.1, 0.15) is 30.0 Å². The summed E-state index contributed by atoms with van der Waals surface area (Å²) in [7, 11) is 1.78. The highest BCUT2D eigenvalue weighted by Crippen LogP contribution is 2.28. The minimum Gasteiger partial charge on any atom is -0.448 e. The summed E-state index contributed by atoms with van der Waals surface area (Å²) >= 11 is 0. The van der Waals surface area contributed by atoms with Crippen molar-refractivity contribution < 1.29 is 9.13 Å². The zero-order valence-electron chi connectivity index (χ0n) is 24.5. The Morgan fingerprint density at radius 3 is 2.67 bits per heavy atom. The summed E-state index contributed by atoms with van der Waals surface area (Å²) < 4.78 is 23.4. The predicted octanol–water partition coefficient (Wildman–Crippen LogP) is 5.17. The first-order chi connectivity index (χ1) is 22.0. The van der Waals surface area contributed by atoms with Gasteiger partial charge in [-0.25, -0.2) is 14.1 Å². The molecule has 5 heterocycles. The number of ether oxygens (including phenoxy) is 1. The second-order valence-corrected chi connectivity index (χ2v) is 10.9. The summed E-state index contributed by atoms with van der Waals surface area (Å²) in [5.41, 5.74) is 4.06. The fourth-order valence-electron chi connectivity index (χ4n) is 5.68. The third-order valence-electron chi connectivity index (χ3n) is 7.94. The maximum atomic E-state index is 14.5. The van der Waals surface area contributed by atoms with Crippen LogP contribution in [0.4, 0.5) is 16.0 Å². The molecule has 1 atom stereocenters. The molecule has 45 heavy (non-hydrogen) atoms. The normalized spacial score (nSPS) is 14.8. The fourth-order valence-corrected chi connectivity index (χ4v) is 5.68. The summed E-state index contributed by atoms with van der Waals surface area (Å²) in [6.07, 6.45) is 7.31. The van der Waals surface area contributed by atoms with Crippen LogP contribution in [0.2, 0.25) is 0 Å². The number of rotatable bonds is 8. The molecule has 0 radical (unpaired) electrons. The maximum Gasteiger partial charge on any atom is 0.295 e. The van der Waals surface area contributed by atoms with Gasteiger partial charge >= 0.3 is 0 Å². The number of pyridine rings is 2. The van der Waals surface area contributed by atoms with Crippen molar-refractivity contribution in [3.05, 3.63) is 113 Å². The number of fused-ring (bicyclic) bond motifs is 1. The van der Waals surface area contributed by atoms with Gasteiger partial charge in [0.15, 0.2) is 17.3 Å². The van der Waals surface area contributed by atoms with Gasteiger partial charge in [0.1, 0.15) is 11.3 Å². The van der Waals surface area contributed by atoms with Crippen LogP contribution >= 0.6 is 0 Å². The van der Waals surface area contributed by atoms with Crippen molar-refractivity contribution in [2.75, 3.05) is 18.4 Å². The second-order valence-electron chi connectivity index (χ2n) is 10.9. The van der Waals surface area contributed by atoms with Crippen molar-refractivity contribution in [2.24, 2.45) is 7.05 Å². The van der Waals surface area contributed by atoms with Crippen LogP contribution in [-0.4, -0.2) is 47.6 Å². The van der Waals surface area contributed by atoms with E-state index in [-0.39, 0.29) is 18.0 Å². The monoisotopic (exact) mass is 603 g/mol. The fraction of sp³-hybridized carbons (Fsp3) is 0.212. The Morgan fingerprint density at radius 1 is 1.07 bits per heavy atom. The first-order valence-corrected chi connectivity index (χ1v) is 14.7. The number of para-hydroxylation sites is 1. The lowest BCUT2D eigenvalue weighted by atomic mass is 9.92. The zero-order chi connectivity index (χ0) is 30.8. The van der Waals surface area contributed by atoms with E-state index in [1.165, 1.54) is 41.2 Å². The number of piperidine rings is 1. The predicted molar refractivity (Wildman–Crippen MR) is 168 cm³/mol. The lowest BCUT2D eigenvalue weighted by Crippen LogP contribution is -2.28. The van der Waals surface area contributed by atoms with Gasteiger partial charge in [-0.15, -0.1) is 5.10 Å². The third-order valence-corrected chi connectivity index (χ3v) is 7.94. The van der Waals surface area contributed by atoms with Gasteiger partial charge in [-0.2, -0.15) is 4.98 Å². The SMILES string of the molecule is Cn1nnc(Cn2c(=O)c(Oc3ccccc3F)cc3cnc(Nc4ccc(C5CCCNC5)cc4)nc32)c1-c1ccncc1. The van der Waals surface area contributed by atoms with Crippen LogP contribution in [0, 0.1) is 5.82 Å². The van der Waals surface area contributed by atoms with Crippen LogP contribution in [0.5, 0.6) is 11.5 Å². The number of hydrogen-bond donors (Lipinski definition) is 2. The molecule has 7 rings (SSSR count). The van der Waals surface area contributed by atoms with Crippen LogP contribution in [0.15, 0.2) is 90.1 Å². The largest absolute Gasteiger partial charge is 0.448 e. The molecule has 4 aromatic heterocycles. The number of aryl methyl sites for hydroxylation is 1. The van der Waals surface area contributed by atoms with E-state index >= 15 is 0 Å². The molecule has 6 aromatic rings. The molecule has 1 saturated heterocycles. The summed E-state index contributed by atoms with van der Waals surface area (Å²) in [6.45, 7) is 2.07. The molecular weight excluding hydrogens is 573 g/mol. The van der Waals surface area contributed by atoms with E-state index in [1.807, 2.05) is 24.3 Å². The topological polar surface area (TPSA) is 125 Å². The molecule has 0 bridgehead atoms. The van der Waals surface area contributed by atoms with Gasteiger partial charge in [0.25, 0.3) is 5.56 Å². The van der Waals surface area contributed by atoms with Crippen LogP contribution in [0.25, 0.3) is 22.3 Å². The van der Waals surface area contributed by atoms with Gasteiger partial charge in [0, 0.05) is 48.8 Å². The zero-order valence-corrected chi connectivity index (χ0v) is 24.5. The van der Waals surface area contributed by atoms with E-state index < -0.39 is 11.4 Å². The van der Waals surface area contributed by atoms with E-state index in [1.54, 1.807) is 42.5 Å². The van der Waals surface area contributed by atoms with Crippen molar-refractivity contribution in [1.29, 1.82) is 0 Å². The third kappa shape index (κ3) is 5.87. The summed E-state index contributed by atoms with van der Waals surface area (Å²) in [5, 5.41) is 15.8. The van der Waals surface area contributed by atoms with Crippen molar-refractivity contribution in [3.63, 3.8) is 0 Å². The lowest BCUT2D eigenvalue weighted by molar-refractivity contribution is 0.433. The molecule has 0 saturated carbocycles. The van der Waals surface area contributed by atoms with E-state index in [0.29, 0.717) is 28.6 Å². The molecule has 0 amide bonds. The molecule has 1 aliphatic rings. The highest BCUT2D eigenvalue weighted by atomic mass is 19.1. The van der Waals surface area contributed by atoms with E-state index in [2.05, 4.69) is 43.0 Å². The van der Waals surface area contributed by atoms with Gasteiger partial charge in [0.05, 0.1) is 12.2 Å². The Balaban J connectivity index is 1.28. The lowest BCUT2D eigenvalue weighted by Gasteiger charge is -2.23. The number of nitrogens with one attached hydrogen (secondary N) is 2. The summed E-state index contributed by atoms with van der Waals surface area (Å²) in [6, 6.07) is 19.4. The number of hydrogen-bond acceptors (Lipinski definition) is 9. The molecule has 1 fully saturated rings. The van der Waals surface area contributed by atoms with Crippen molar-refractivity contribution in [2.45, 2.75) is 25.3 Å². The van der Waals surface area contributed by atoms with E-state index in [9.17, 15) is 9.18 Å². The van der Waals surface area contributed by atoms with Gasteiger partial charge in [-0.3, -0.25) is 14.3 Å². The molecule has 0 aliphatic carbocycles. The first-order valence-electron chi connectivity index (χ1n) is 14.7. The molecule has 1 aliphatic heterocycles. The Labute approximate surface area is 257 Å². The Bertz CT molecular complexity index is 2020. The van der Waals surface area contributed by atoms with Gasteiger partial charge in [-0.1, -0.05) is 29.5 Å². The quantitative estimate of drug-likeness (QED) is 0.242. The Kier molecular flexibility index (Phi) is 7.70. The van der Waals surface area contributed by atoms with Crippen LogP contribution < -0.4 is 20.9 Å². The molecule has 2 aromatic carbocycles. The highest BCUT2D eigenvalue weighted by molar-refractivity contribution is 5.78. The van der Waals surface area contributed by atoms with Crippen molar-refractivity contribution >= 4 is 22.7 Å². The molecule has 2 N–H and O–H groups in total. The Morgan fingerprint density at radius 2 is 1.89 bits per heavy atom. The average Bonchev–Trinajstić information content (AvgIpc) is 3.44. The highest BCUT2D eigenvalue weighted by Gasteiger charge is 2.20. The van der Waals surface area contributed by atoms with Gasteiger partial charge < -0.3 is 15.4 Å². The first kappa shape index (κ1) is 28.3. The number of nitrogens with zero attached hydrogens (tertiary/aromatic N) is 7. The number of benzene rings is 2. The van der Waals surface area contributed by atoms with Crippen molar-refractivity contribution in [3.8, 4) is 22.8 Å². The number of anilines is 2. The van der Waals surface area contributed by atoms with E-state index in [4.69, 9.17) is 9.72 Å². The van der Waals surface area contributed by atoms with Crippen LogP contribution in [-0.2, 0) is 13.6 Å². The molecule has 226 valence electrons. The summed E-state index contributed by atoms with van der Waals surface area (Å²) in [4.78, 5) is 27.3. The smallest absolute Gasteiger partial charge is 0.295 e. The Hall–Kier alpha value is -5.49. The molecule has 0 spiro atoms. The molecule has 11 nitrogen and oxygen atoms in total.